The number of rotatable bonds is 5. The van der Waals surface area contributed by atoms with Crippen LogP contribution in [0, 0.1) is 0 Å². The molecule has 1 heterocycles. The van der Waals surface area contributed by atoms with Crippen LogP contribution < -0.4 is 14.8 Å². The molecule has 0 unspecified atom stereocenters. The topological polar surface area (TPSA) is 43.4 Å². The molecule has 7 heteroatoms. The summed E-state index contributed by atoms with van der Waals surface area (Å²) in [6.45, 7) is 0.590. The Bertz CT molecular complexity index is 586. The number of nitrogens with one attached hydrogen (secondary N) is 1. The average molecular weight is 298 g/mol. The van der Waals surface area contributed by atoms with Crippen LogP contribution in [0.5, 0.6) is 17.2 Å². The van der Waals surface area contributed by atoms with Crippen LogP contribution in [0.3, 0.4) is 0 Å². The Balaban J connectivity index is 2.10. The molecule has 1 aromatic heterocycles. The lowest BCUT2D eigenvalue weighted by atomic mass is 10.2. The summed E-state index contributed by atoms with van der Waals surface area (Å²) >= 11 is 0. The number of halogens is 3. The monoisotopic (exact) mass is 298 g/mol. The van der Waals surface area contributed by atoms with E-state index >= 15 is 0 Å². The first-order chi connectivity index (χ1) is 9.98. The summed E-state index contributed by atoms with van der Waals surface area (Å²) in [7, 11) is 1.80. The molecule has 21 heavy (non-hydrogen) atoms. The van der Waals surface area contributed by atoms with Gasteiger partial charge in [0.2, 0.25) is 0 Å². The van der Waals surface area contributed by atoms with Crippen LogP contribution in [0.2, 0.25) is 0 Å². The lowest BCUT2D eigenvalue weighted by Crippen LogP contribution is -2.16. The highest BCUT2D eigenvalue weighted by molar-refractivity contribution is 5.37. The fourth-order valence-corrected chi connectivity index (χ4v) is 1.67. The van der Waals surface area contributed by atoms with Crippen molar-refractivity contribution in [1.82, 2.24) is 10.3 Å². The van der Waals surface area contributed by atoms with Gasteiger partial charge in [0, 0.05) is 18.3 Å². The maximum Gasteiger partial charge on any atom is 0.573 e. The molecule has 0 spiro atoms. The second-order valence-electron chi connectivity index (χ2n) is 4.13. The number of aromatic nitrogens is 1. The number of alkyl halides is 3. The molecule has 4 nitrogen and oxygen atoms in total. The van der Waals surface area contributed by atoms with Gasteiger partial charge in [-0.15, -0.1) is 13.2 Å². The molecule has 0 saturated heterocycles. The van der Waals surface area contributed by atoms with Gasteiger partial charge < -0.3 is 14.8 Å². The molecule has 0 aliphatic rings. The van der Waals surface area contributed by atoms with E-state index in [0.717, 1.165) is 5.56 Å². The predicted octanol–water partition coefficient (Wildman–Crippen LogP) is 3.49. The third-order valence-electron chi connectivity index (χ3n) is 2.52. The fraction of sp³-hybridized carbons (Fsp3) is 0.214. The minimum atomic E-state index is -4.70. The Labute approximate surface area is 119 Å². The van der Waals surface area contributed by atoms with E-state index in [-0.39, 0.29) is 5.75 Å². The third-order valence-corrected chi connectivity index (χ3v) is 2.52. The molecule has 2 aromatic rings. The molecule has 0 bridgehead atoms. The van der Waals surface area contributed by atoms with E-state index in [2.05, 4.69) is 15.0 Å². The molecule has 0 radical (unpaired) electrons. The van der Waals surface area contributed by atoms with E-state index in [0.29, 0.717) is 18.0 Å². The largest absolute Gasteiger partial charge is 0.573 e. The summed E-state index contributed by atoms with van der Waals surface area (Å²) in [4.78, 5) is 3.96. The van der Waals surface area contributed by atoms with Crippen molar-refractivity contribution < 1.29 is 22.6 Å². The lowest BCUT2D eigenvalue weighted by Gasteiger charge is -2.12. The van der Waals surface area contributed by atoms with Gasteiger partial charge >= 0.3 is 6.36 Å². The van der Waals surface area contributed by atoms with Crippen LogP contribution in [-0.4, -0.2) is 18.4 Å². The highest BCUT2D eigenvalue weighted by Crippen LogP contribution is 2.28. The van der Waals surface area contributed by atoms with Gasteiger partial charge in [-0.1, -0.05) is 0 Å². The SMILES string of the molecule is CNCc1ccncc1Oc1ccc(OC(F)(F)F)cc1. The first kappa shape index (κ1) is 15.1. The Morgan fingerprint density at radius 1 is 1.10 bits per heavy atom. The lowest BCUT2D eigenvalue weighted by molar-refractivity contribution is -0.274. The van der Waals surface area contributed by atoms with Gasteiger partial charge in [-0.25, -0.2) is 0 Å². The number of hydrogen-bond donors (Lipinski definition) is 1. The molecule has 0 aliphatic heterocycles. The summed E-state index contributed by atoms with van der Waals surface area (Å²) in [6, 6.07) is 6.98. The first-order valence-corrected chi connectivity index (χ1v) is 6.09. The van der Waals surface area contributed by atoms with Crippen molar-refractivity contribution in [3.63, 3.8) is 0 Å². The van der Waals surface area contributed by atoms with Crippen LogP contribution in [0.15, 0.2) is 42.7 Å². The van der Waals surface area contributed by atoms with Crippen molar-refractivity contribution in [3.05, 3.63) is 48.3 Å². The quantitative estimate of drug-likeness (QED) is 0.917. The molecular weight excluding hydrogens is 285 g/mol. The van der Waals surface area contributed by atoms with Gasteiger partial charge in [-0.3, -0.25) is 4.98 Å². The minimum Gasteiger partial charge on any atom is -0.455 e. The van der Waals surface area contributed by atoms with Crippen LogP contribution in [0.4, 0.5) is 13.2 Å². The van der Waals surface area contributed by atoms with Gasteiger partial charge in [0.15, 0.2) is 0 Å². The molecule has 0 atom stereocenters. The summed E-state index contributed by atoms with van der Waals surface area (Å²) in [5, 5.41) is 2.99. The molecular formula is C14H13F3N2O2. The summed E-state index contributed by atoms with van der Waals surface area (Å²) in [6.07, 6.45) is -1.52. The van der Waals surface area contributed by atoms with Crippen molar-refractivity contribution in [3.8, 4) is 17.2 Å². The molecule has 0 fully saturated rings. The average Bonchev–Trinajstić information content (AvgIpc) is 2.42. The molecule has 2 rings (SSSR count). The van der Waals surface area contributed by atoms with Crippen LogP contribution >= 0.6 is 0 Å². The number of pyridine rings is 1. The number of hydrogen-bond acceptors (Lipinski definition) is 4. The van der Waals surface area contributed by atoms with Crippen molar-refractivity contribution in [1.29, 1.82) is 0 Å². The zero-order chi connectivity index (χ0) is 15.3. The number of ether oxygens (including phenoxy) is 2. The van der Waals surface area contributed by atoms with Crippen molar-refractivity contribution in [2.45, 2.75) is 12.9 Å². The van der Waals surface area contributed by atoms with E-state index in [1.54, 1.807) is 25.5 Å². The maximum atomic E-state index is 12.1. The van der Waals surface area contributed by atoms with E-state index in [1.807, 2.05) is 0 Å². The molecule has 112 valence electrons. The standard InChI is InChI=1S/C14H13F3N2O2/c1-18-8-10-6-7-19-9-13(10)20-11-2-4-12(5-3-11)21-14(15,16)17/h2-7,9,18H,8H2,1H3. The third kappa shape index (κ3) is 4.64. The van der Waals surface area contributed by atoms with E-state index < -0.39 is 6.36 Å². The Kier molecular flexibility index (Phi) is 4.64. The summed E-state index contributed by atoms with van der Waals surface area (Å²) < 4.78 is 45.6. The fourth-order valence-electron chi connectivity index (χ4n) is 1.67. The number of benzene rings is 1. The second kappa shape index (κ2) is 6.45. The number of nitrogens with zero attached hydrogens (tertiary/aromatic N) is 1. The normalized spacial score (nSPS) is 11.2. The Morgan fingerprint density at radius 2 is 1.76 bits per heavy atom. The summed E-state index contributed by atoms with van der Waals surface area (Å²) in [5.74, 6) is 0.641. The van der Waals surface area contributed by atoms with Crippen LogP contribution in [-0.2, 0) is 6.54 Å². The van der Waals surface area contributed by atoms with Gasteiger partial charge in [-0.05, 0) is 37.4 Å². The second-order valence-corrected chi connectivity index (χ2v) is 4.13. The predicted molar refractivity (Wildman–Crippen MR) is 70.2 cm³/mol. The molecule has 0 aliphatic carbocycles. The van der Waals surface area contributed by atoms with E-state index in [1.165, 1.54) is 24.3 Å². The summed E-state index contributed by atoms with van der Waals surface area (Å²) in [5.41, 5.74) is 0.892. The van der Waals surface area contributed by atoms with Gasteiger partial charge in [0.25, 0.3) is 0 Å². The van der Waals surface area contributed by atoms with Gasteiger partial charge in [0.1, 0.15) is 17.2 Å². The molecule has 0 amide bonds. The highest BCUT2D eigenvalue weighted by atomic mass is 19.4. The van der Waals surface area contributed by atoms with Crippen molar-refractivity contribution in [2.75, 3.05) is 7.05 Å². The van der Waals surface area contributed by atoms with Gasteiger partial charge in [-0.2, -0.15) is 0 Å². The molecule has 1 aromatic carbocycles. The smallest absolute Gasteiger partial charge is 0.455 e. The van der Waals surface area contributed by atoms with Crippen molar-refractivity contribution >= 4 is 0 Å². The van der Waals surface area contributed by atoms with Crippen LogP contribution in [0.25, 0.3) is 0 Å². The zero-order valence-corrected chi connectivity index (χ0v) is 11.1. The van der Waals surface area contributed by atoms with E-state index in [9.17, 15) is 13.2 Å². The Hall–Kier alpha value is -2.28. The zero-order valence-electron chi connectivity index (χ0n) is 11.1. The molecule has 1 N–H and O–H groups in total. The Morgan fingerprint density at radius 3 is 2.38 bits per heavy atom. The minimum absolute atomic E-state index is 0.295. The van der Waals surface area contributed by atoms with Crippen LogP contribution in [0.1, 0.15) is 5.56 Å². The first-order valence-electron chi connectivity index (χ1n) is 6.09. The maximum absolute atomic E-state index is 12.1. The molecule has 0 saturated carbocycles. The van der Waals surface area contributed by atoms with Crippen molar-refractivity contribution in [2.24, 2.45) is 0 Å². The van der Waals surface area contributed by atoms with Gasteiger partial charge in [0.05, 0.1) is 6.20 Å². The van der Waals surface area contributed by atoms with E-state index in [4.69, 9.17) is 4.74 Å². The highest BCUT2D eigenvalue weighted by Gasteiger charge is 2.30.